The zero-order valence-electron chi connectivity index (χ0n) is 16.5. The fourth-order valence-electron chi connectivity index (χ4n) is 4.11. The van der Waals surface area contributed by atoms with Crippen molar-refractivity contribution in [2.24, 2.45) is 10.9 Å². The third-order valence-corrected chi connectivity index (χ3v) is 6.19. The van der Waals surface area contributed by atoms with Gasteiger partial charge in [-0.15, -0.1) is 0 Å². The summed E-state index contributed by atoms with van der Waals surface area (Å²) in [7, 11) is 3.58. The second-order valence-electron chi connectivity index (χ2n) is 7.71. The van der Waals surface area contributed by atoms with Gasteiger partial charge >= 0.3 is 0 Å². The van der Waals surface area contributed by atoms with Crippen LogP contribution in [0.4, 0.5) is 0 Å². The molecule has 27 heavy (non-hydrogen) atoms. The molecule has 1 saturated carbocycles. The molecule has 3 rings (SSSR count). The van der Waals surface area contributed by atoms with E-state index in [-0.39, 0.29) is 5.41 Å². The Bertz CT molecular complexity index is 616. The lowest BCUT2D eigenvalue weighted by atomic mass is 9.64. The van der Waals surface area contributed by atoms with E-state index >= 15 is 0 Å². The van der Waals surface area contributed by atoms with Gasteiger partial charge in [-0.1, -0.05) is 30.2 Å². The maximum atomic E-state index is 6.07. The number of aliphatic imine (C=N–C) groups is 1. The van der Waals surface area contributed by atoms with Crippen molar-refractivity contribution in [3.63, 3.8) is 0 Å². The number of halogens is 1. The summed E-state index contributed by atoms with van der Waals surface area (Å²) < 4.78 is 10.7. The second kappa shape index (κ2) is 9.76. The molecule has 1 N–H and O–H groups in total. The molecule has 2 aliphatic rings. The van der Waals surface area contributed by atoms with Crippen molar-refractivity contribution >= 4 is 17.6 Å². The lowest BCUT2D eigenvalue weighted by Crippen LogP contribution is -2.49. The van der Waals surface area contributed by atoms with E-state index < -0.39 is 0 Å². The van der Waals surface area contributed by atoms with Crippen LogP contribution in [-0.4, -0.2) is 64.5 Å². The van der Waals surface area contributed by atoms with E-state index in [4.69, 9.17) is 21.1 Å². The molecule has 0 amide bonds. The van der Waals surface area contributed by atoms with E-state index in [0.29, 0.717) is 19.1 Å². The summed E-state index contributed by atoms with van der Waals surface area (Å²) in [5, 5.41) is 4.45. The van der Waals surface area contributed by atoms with Crippen molar-refractivity contribution in [3.05, 3.63) is 34.9 Å². The quantitative estimate of drug-likeness (QED) is 0.418. The zero-order valence-corrected chi connectivity index (χ0v) is 17.3. The maximum Gasteiger partial charge on any atom is 0.193 e. The molecule has 1 unspecified atom stereocenters. The van der Waals surface area contributed by atoms with Crippen LogP contribution in [0.25, 0.3) is 0 Å². The SMILES string of the molecule is CN=C(NCC1(c2ccc(Cl)cc2)CCC1)N1CCC(COCCOC)C1. The van der Waals surface area contributed by atoms with Crippen LogP contribution in [0.2, 0.25) is 5.02 Å². The molecular formula is C21H32ClN3O2. The first kappa shape index (κ1) is 20.4. The molecule has 1 atom stereocenters. The van der Waals surface area contributed by atoms with Gasteiger partial charge in [0.05, 0.1) is 19.8 Å². The Morgan fingerprint density at radius 3 is 2.70 bits per heavy atom. The van der Waals surface area contributed by atoms with E-state index in [0.717, 1.165) is 43.6 Å². The first-order chi connectivity index (χ1) is 13.2. The van der Waals surface area contributed by atoms with E-state index in [2.05, 4.69) is 27.3 Å². The molecule has 1 saturated heterocycles. The summed E-state index contributed by atoms with van der Waals surface area (Å²) >= 11 is 6.07. The number of nitrogens with one attached hydrogen (secondary N) is 1. The molecule has 5 nitrogen and oxygen atoms in total. The van der Waals surface area contributed by atoms with Crippen molar-refractivity contribution in [3.8, 4) is 0 Å². The van der Waals surface area contributed by atoms with Gasteiger partial charge in [0.2, 0.25) is 0 Å². The Balaban J connectivity index is 1.51. The molecule has 1 aromatic rings. The van der Waals surface area contributed by atoms with Gasteiger partial charge in [0.1, 0.15) is 0 Å². The lowest BCUT2D eigenvalue weighted by Gasteiger charge is -2.43. The molecule has 1 heterocycles. The summed E-state index contributed by atoms with van der Waals surface area (Å²) in [4.78, 5) is 6.89. The standard InChI is InChI=1S/C21H32ClN3O2/c1-23-20(25-11-8-17(14-25)15-27-13-12-26-2)24-16-21(9-3-10-21)18-4-6-19(22)7-5-18/h4-7,17H,3,8-16H2,1-2H3,(H,23,24). The van der Waals surface area contributed by atoms with Crippen molar-refractivity contribution in [1.29, 1.82) is 0 Å². The molecule has 0 aromatic heterocycles. The van der Waals surface area contributed by atoms with Crippen LogP contribution in [0.5, 0.6) is 0 Å². The average Bonchev–Trinajstić information content (AvgIpc) is 3.11. The highest BCUT2D eigenvalue weighted by Crippen LogP contribution is 2.43. The van der Waals surface area contributed by atoms with Crippen LogP contribution in [0.3, 0.4) is 0 Å². The normalized spacial score (nSPS) is 22.0. The van der Waals surface area contributed by atoms with Crippen LogP contribution in [0.15, 0.2) is 29.3 Å². The van der Waals surface area contributed by atoms with Gasteiger partial charge in [-0.2, -0.15) is 0 Å². The van der Waals surface area contributed by atoms with E-state index in [1.54, 1.807) is 7.11 Å². The number of ether oxygens (including phenoxy) is 2. The van der Waals surface area contributed by atoms with Crippen molar-refractivity contribution in [2.45, 2.75) is 31.1 Å². The average molecular weight is 394 g/mol. The number of nitrogens with zero attached hydrogens (tertiary/aromatic N) is 2. The fourth-order valence-corrected chi connectivity index (χ4v) is 4.23. The molecule has 2 fully saturated rings. The van der Waals surface area contributed by atoms with Gasteiger partial charge in [0.15, 0.2) is 5.96 Å². The van der Waals surface area contributed by atoms with Crippen molar-refractivity contribution < 1.29 is 9.47 Å². The van der Waals surface area contributed by atoms with Gasteiger partial charge in [0, 0.05) is 50.1 Å². The molecule has 1 aliphatic carbocycles. The summed E-state index contributed by atoms with van der Waals surface area (Å²) in [6.07, 6.45) is 4.87. The highest BCUT2D eigenvalue weighted by Gasteiger charge is 2.39. The molecular weight excluding hydrogens is 362 g/mol. The topological polar surface area (TPSA) is 46.1 Å². The smallest absolute Gasteiger partial charge is 0.193 e. The number of guanidine groups is 1. The van der Waals surface area contributed by atoms with Crippen LogP contribution in [0.1, 0.15) is 31.2 Å². The van der Waals surface area contributed by atoms with Gasteiger partial charge in [-0.05, 0) is 37.0 Å². The van der Waals surface area contributed by atoms with Crippen LogP contribution in [-0.2, 0) is 14.9 Å². The van der Waals surface area contributed by atoms with Gasteiger partial charge in [0.25, 0.3) is 0 Å². The highest BCUT2D eigenvalue weighted by molar-refractivity contribution is 6.30. The van der Waals surface area contributed by atoms with Crippen LogP contribution < -0.4 is 5.32 Å². The number of hydrogen-bond donors (Lipinski definition) is 1. The molecule has 6 heteroatoms. The predicted molar refractivity (Wildman–Crippen MR) is 111 cm³/mol. The second-order valence-corrected chi connectivity index (χ2v) is 8.15. The molecule has 150 valence electrons. The summed E-state index contributed by atoms with van der Waals surface area (Å²) in [6.45, 7) is 5.08. The summed E-state index contributed by atoms with van der Waals surface area (Å²) in [5.41, 5.74) is 1.59. The number of hydrogen-bond acceptors (Lipinski definition) is 3. The Kier molecular flexibility index (Phi) is 7.39. The Morgan fingerprint density at radius 2 is 2.07 bits per heavy atom. The summed E-state index contributed by atoms with van der Waals surface area (Å²) in [6, 6.07) is 8.35. The van der Waals surface area contributed by atoms with E-state index in [1.165, 1.54) is 24.8 Å². The third kappa shape index (κ3) is 5.15. The van der Waals surface area contributed by atoms with E-state index in [9.17, 15) is 0 Å². The van der Waals surface area contributed by atoms with Crippen molar-refractivity contribution in [2.75, 3.05) is 53.6 Å². The highest BCUT2D eigenvalue weighted by atomic mass is 35.5. The number of benzene rings is 1. The lowest BCUT2D eigenvalue weighted by molar-refractivity contribution is 0.0536. The minimum Gasteiger partial charge on any atom is -0.382 e. The number of rotatable bonds is 8. The minimum absolute atomic E-state index is 0.211. The maximum absolute atomic E-state index is 6.07. The number of methoxy groups -OCH3 is 1. The molecule has 0 bridgehead atoms. The minimum atomic E-state index is 0.211. The van der Waals surface area contributed by atoms with E-state index in [1.807, 2.05) is 19.2 Å². The Morgan fingerprint density at radius 1 is 1.30 bits per heavy atom. The monoisotopic (exact) mass is 393 g/mol. The fraction of sp³-hybridized carbons (Fsp3) is 0.667. The number of likely N-dealkylation sites (tertiary alicyclic amines) is 1. The van der Waals surface area contributed by atoms with Gasteiger partial charge in [-0.3, -0.25) is 4.99 Å². The van der Waals surface area contributed by atoms with Crippen molar-refractivity contribution in [1.82, 2.24) is 10.2 Å². The first-order valence-electron chi connectivity index (χ1n) is 9.95. The third-order valence-electron chi connectivity index (χ3n) is 5.93. The molecule has 0 radical (unpaired) electrons. The van der Waals surface area contributed by atoms with Crippen LogP contribution in [0, 0.1) is 5.92 Å². The largest absolute Gasteiger partial charge is 0.382 e. The zero-order chi connectivity index (χ0) is 19.1. The molecule has 0 spiro atoms. The van der Waals surface area contributed by atoms with Gasteiger partial charge in [-0.25, -0.2) is 0 Å². The predicted octanol–water partition coefficient (Wildman–Crippen LogP) is 3.32. The Labute approximate surface area is 168 Å². The molecule has 1 aromatic carbocycles. The Hall–Kier alpha value is -1.30. The molecule has 1 aliphatic heterocycles. The van der Waals surface area contributed by atoms with Crippen LogP contribution >= 0.6 is 11.6 Å². The summed E-state index contributed by atoms with van der Waals surface area (Å²) in [5.74, 6) is 1.57. The first-order valence-corrected chi connectivity index (χ1v) is 10.3. The van der Waals surface area contributed by atoms with Gasteiger partial charge < -0.3 is 19.7 Å².